The Labute approximate surface area is 143 Å². The van der Waals surface area contributed by atoms with Crippen LogP contribution in [0.15, 0.2) is 18.2 Å². The quantitative estimate of drug-likeness (QED) is 0.843. The van der Waals surface area contributed by atoms with Crippen LogP contribution in [0, 0.1) is 17.6 Å². The Morgan fingerprint density at radius 2 is 1.62 bits per heavy atom. The van der Waals surface area contributed by atoms with E-state index in [0.29, 0.717) is 6.54 Å². The number of nitrogens with one attached hydrogen (secondary N) is 2. The summed E-state index contributed by atoms with van der Waals surface area (Å²) >= 11 is 0. The van der Waals surface area contributed by atoms with Gasteiger partial charge in [-0.2, -0.15) is 0 Å². The molecule has 1 aliphatic carbocycles. The molecule has 4 nitrogen and oxygen atoms in total. The molecule has 7 heteroatoms. The van der Waals surface area contributed by atoms with Crippen LogP contribution in [0.1, 0.15) is 46.5 Å². The molecule has 136 valence electrons. The topological polar surface area (TPSA) is 58.2 Å². The third-order valence-electron chi connectivity index (χ3n) is 4.51. The molecular weight excluding hydrogens is 334 g/mol. The van der Waals surface area contributed by atoms with E-state index in [1.807, 2.05) is 0 Å². The van der Waals surface area contributed by atoms with Crippen LogP contribution in [0.3, 0.4) is 0 Å². The molecule has 0 saturated heterocycles. The van der Waals surface area contributed by atoms with Crippen molar-refractivity contribution in [2.45, 2.75) is 57.2 Å². The highest BCUT2D eigenvalue weighted by Gasteiger charge is 2.32. The van der Waals surface area contributed by atoms with E-state index in [0.717, 1.165) is 25.7 Å². The van der Waals surface area contributed by atoms with Crippen LogP contribution in [0.25, 0.3) is 0 Å². The lowest BCUT2D eigenvalue weighted by Gasteiger charge is -2.31. The summed E-state index contributed by atoms with van der Waals surface area (Å²) in [7, 11) is -3.35. The Balaban J connectivity index is 1.83. The largest absolute Gasteiger partial charge is 0.380 e. The molecule has 1 aromatic carbocycles. The van der Waals surface area contributed by atoms with Gasteiger partial charge in [-0.3, -0.25) is 0 Å². The Hall–Kier alpha value is -1.21. The van der Waals surface area contributed by atoms with E-state index in [1.165, 1.54) is 18.2 Å². The van der Waals surface area contributed by atoms with E-state index in [2.05, 4.69) is 10.0 Å². The first-order chi connectivity index (χ1) is 11.1. The second kappa shape index (κ2) is 7.35. The molecule has 0 radical (unpaired) electrons. The third kappa shape index (κ3) is 4.66. The molecule has 0 unspecified atom stereocenters. The molecule has 1 aliphatic rings. The predicted molar refractivity (Wildman–Crippen MR) is 92.4 cm³/mol. The average Bonchev–Trinajstić information content (AvgIpc) is 2.47. The van der Waals surface area contributed by atoms with Crippen LogP contribution in [0.2, 0.25) is 0 Å². The van der Waals surface area contributed by atoms with Gasteiger partial charge >= 0.3 is 0 Å². The number of rotatable bonds is 5. The van der Waals surface area contributed by atoms with Gasteiger partial charge in [0.25, 0.3) is 0 Å². The molecular formula is C17H26F2N2O2S. The Kier molecular flexibility index (Phi) is 5.86. The molecule has 0 aliphatic heterocycles. The number of hydrogen-bond acceptors (Lipinski definition) is 3. The summed E-state index contributed by atoms with van der Waals surface area (Å²) in [5, 5.41) is 2.85. The summed E-state index contributed by atoms with van der Waals surface area (Å²) < 4.78 is 53.5. The van der Waals surface area contributed by atoms with Crippen molar-refractivity contribution in [1.82, 2.24) is 4.72 Å². The highest BCUT2D eigenvalue weighted by molar-refractivity contribution is 7.90. The molecule has 1 saturated carbocycles. The standard InChI is InChI=1S/C17H26F2N2O2S/c1-17(2,3)24(22,23)21-13-9-7-12(8-10-13)11-20-16-14(18)5-4-6-15(16)19/h4-6,12-13,20-21H,7-11H2,1-3H3/t12-,13-. The molecule has 1 aromatic rings. The van der Waals surface area contributed by atoms with Gasteiger partial charge in [-0.25, -0.2) is 21.9 Å². The molecule has 2 N–H and O–H groups in total. The minimum atomic E-state index is -3.35. The Bertz CT molecular complexity index is 643. The molecule has 0 amide bonds. The van der Waals surface area contributed by atoms with Crippen LogP contribution < -0.4 is 10.0 Å². The highest BCUT2D eigenvalue weighted by atomic mass is 32.2. The summed E-state index contributed by atoms with van der Waals surface area (Å²) in [4.78, 5) is 0. The first-order valence-corrected chi connectivity index (χ1v) is 9.78. The van der Waals surface area contributed by atoms with E-state index in [4.69, 9.17) is 0 Å². The van der Waals surface area contributed by atoms with E-state index in [9.17, 15) is 17.2 Å². The van der Waals surface area contributed by atoms with Gasteiger partial charge in [-0.1, -0.05) is 6.07 Å². The molecule has 0 aromatic heterocycles. The maximum atomic E-state index is 13.6. The van der Waals surface area contributed by atoms with Gasteiger partial charge in [-0.05, 0) is 64.5 Å². The van der Waals surface area contributed by atoms with Crippen LogP contribution in [-0.4, -0.2) is 25.8 Å². The number of benzene rings is 1. The smallest absolute Gasteiger partial charge is 0.216 e. The zero-order valence-corrected chi connectivity index (χ0v) is 15.2. The second-order valence-corrected chi connectivity index (χ2v) is 9.90. The molecule has 2 rings (SSSR count). The van der Waals surface area contributed by atoms with Crippen LogP contribution in [0.4, 0.5) is 14.5 Å². The summed E-state index contributed by atoms with van der Waals surface area (Å²) in [5.41, 5.74) is -0.0898. The van der Waals surface area contributed by atoms with Crippen molar-refractivity contribution in [2.75, 3.05) is 11.9 Å². The Morgan fingerprint density at radius 1 is 1.08 bits per heavy atom. The van der Waals surface area contributed by atoms with Crippen molar-refractivity contribution in [3.8, 4) is 0 Å². The molecule has 0 atom stereocenters. The lowest BCUT2D eigenvalue weighted by Crippen LogP contribution is -2.46. The van der Waals surface area contributed by atoms with Crippen molar-refractivity contribution in [2.24, 2.45) is 5.92 Å². The molecule has 0 heterocycles. The predicted octanol–water partition coefficient (Wildman–Crippen LogP) is 3.65. The van der Waals surface area contributed by atoms with Crippen LogP contribution in [0.5, 0.6) is 0 Å². The fourth-order valence-corrected chi connectivity index (χ4v) is 3.82. The maximum Gasteiger partial charge on any atom is 0.216 e. The van der Waals surface area contributed by atoms with Crippen molar-refractivity contribution >= 4 is 15.7 Å². The lowest BCUT2D eigenvalue weighted by molar-refractivity contribution is 0.322. The number of para-hydroxylation sites is 1. The van der Waals surface area contributed by atoms with Crippen molar-refractivity contribution < 1.29 is 17.2 Å². The summed E-state index contributed by atoms with van der Waals surface area (Å²) in [6, 6.07) is 3.73. The zero-order valence-electron chi connectivity index (χ0n) is 14.4. The van der Waals surface area contributed by atoms with Crippen molar-refractivity contribution in [3.05, 3.63) is 29.8 Å². The molecule has 24 heavy (non-hydrogen) atoms. The number of hydrogen-bond donors (Lipinski definition) is 2. The van der Waals surface area contributed by atoms with E-state index >= 15 is 0 Å². The monoisotopic (exact) mass is 360 g/mol. The summed E-state index contributed by atoms with van der Waals surface area (Å²) in [5.74, 6) is -0.914. The van der Waals surface area contributed by atoms with Crippen molar-refractivity contribution in [1.29, 1.82) is 0 Å². The Morgan fingerprint density at radius 3 is 2.12 bits per heavy atom. The first-order valence-electron chi connectivity index (χ1n) is 8.30. The number of halogens is 2. The van der Waals surface area contributed by atoms with Crippen LogP contribution in [-0.2, 0) is 10.0 Å². The molecule has 1 fully saturated rings. The number of sulfonamides is 1. The minimum absolute atomic E-state index is 0.0596. The first kappa shape index (κ1) is 19.1. The van der Waals surface area contributed by atoms with Gasteiger partial charge in [0, 0.05) is 12.6 Å². The van der Waals surface area contributed by atoms with Gasteiger partial charge in [0.15, 0.2) is 0 Å². The van der Waals surface area contributed by atoms with Crippen LogP contribution >= 0.6 is 0 Å². The summed E-state index contributed by atoms with van der Waals surface area (Å²) in [6.07, 6.45) is 3.11. The number of anilines is 1. The molecule has 0 bridgehead atoms. The van der Waals surface area contributed by atoms with Gasteiger partial charge in [0.2, 0.25) is 10.0 Å². The second-order valence-electron chi connectivity index (χ2n) is 7.43. The average molecular weight is 360 g/mol. The van der Waals surface area contributed by atoms with Gasteiger partial charge < -0.3 is 5.32 Å². The fraction of sp³-hybridized carbons (Fsp3) is 0.647. The lowest BCUT2D eigenvalue weighted by atomic mass is 9.86. The highest BCUT2D eigenvalue weighted by Crippen LogP contribution is 2.27. The SMILES string of the molecule is CC(C)(C)S(=O)(=O)N[C@H]1CC[C@H](CNc2c(F)cccc2F)CC1. The van der Waals surface area contributed by atoms with E-state index in [-0.39, 0.29) is 17.6 Å². The van der Waals surface area contributed by atoms with Gasteiger partial charge in [-0.15, -0.1) is 0 Å². The van der Waals surface area contributed by atoms with Gasteiger partial charge in [0.05, 0.1) is 4.75 Å². The van der Waals surface area contributed by atoms with E-state index in [1.54, 1.807) is 20.8 Å². The normalized spacial score (nSPS) is 22.4. The fourth-order valence-electron chi connectivity index (χ4n) is 2.79. The third-order valence-corrected chi connectivity index (χ3v) is 6.76. The maximum absolute atomic E-state index is 13.6. The van der Waals surface area contributed by atoms with E-state index < -0.39 is 26.4 Å². The minimum Gasteiger partial charge on any atom is -0.380 e. The van der Waals surface area contributed by atoms with Gasteiger partial charge in [0.1, 0.15) is 17.3 Å². The zero-order chi connectivity index (χ0) is 18.0. The van der Waals surface area contributed by atoms with Crippen molar-refractivity contribution in [3.63, 3.8) is 0 Å². The summed E-state index contributed by atoms with van der Waals surface area (Å²) in [6.45, 7) is 5.51. The molecule has 0 spiro atoms.